The highest BCUT2D eigenvalue weighted by molar-refractivity contribution is 5.76. The van der Waals surface area contributed by atoms with Crippen molar-refractivity contribution in [2.45, 2.75) is 38.2 Å². The van der Waals surface area contributed by atoms with Gasteiger partial charge in [-0.3, -0.25) is 0 Å². The van der Waals surface area contributed by atoms with Crippen LogP contribution in [0.5, 0.6) is 0 Å². The van der Waals surface area contributed by atoms with Crippen molar-refractivity contribution in [2.75, 3.05) is 6.61 Å². The molecule has 0 aliphatic carbocycles. The normalized spacial score (nSPS) is 15.6. The van der Waals surface area contributed by atoms with Gasteiger partial charge in [-0.2, -0.15) is 0 Å². The molecule has 1 unspecified atom stereocenters. The van der Waals surface area contributed by atoms with Gasteiger partial charge in [0.15, 0.2) is 5.60 Å². The zero-order chi connectivity index (χ0) is 9.61. The zero-order valence-electron chi connectivity index (χ0n) is 7.25. The highest BCUT2D eigenvalue weighted by Gasteiger charge is 2.36. The van der Waals surface area contributed by atoms with Gasteiger partial charge in [0.05, 0.1) is 6.61 Å². The molecule has 1 atom stereocenters. The van der Waals surface area contributed by atoms with E-state index in [-0.39, 0.29) is 6.42 Å². The first-order valence-electron chi connectivity index (χ1n) is 4.11. The molecule has 0 fully saturated rings. The third kappa shape index (κ3) is 3.19. The van der Waals surface area contributed by atoms with Crippen molar-refractivity contribution in [3.05, 3.63) is 0 Å². The van der Waals surface area contributed by atoms with Crippen LogP contribution in [0, 0.1) is 0 Å². The van der Waals surface area contributed by atoms with Crippen LogP contribution in [-0.4, -0.2) is 28.4 Å². The summed E-state index contributed by atoms with van der Waals surface area (Å²) >= 11 is 0. The molecule has 0 spiro atoms. The Labute approximate surface area is 71.8 Å². The first-order valence-corrected chi connectivity index (χ1v) is 4.11. The van der Waals surface area contributed by atoms with E-state index >= 15 is 0 Å². The van der Waals surface area contributed by atoms with E-state index in [0.29, 0.717) is 6.42 Å². The molecule has 0 aliphatic rings. The fourth-order valence-corrected chi connectivity index (χ4v) is 0.913. The Balaban J connectivity index is 3.88. The van der Waals surface area contributed by atoms with Crippen molar-refractivity contribution in [3.63, 3.8) is 0 Å². The summed E-state index contributed by atoms with van der Waals surface area (Å²) in [6.45, 7) is 1.19. The molecule has 4 heteroatoms. The summed E-state index contributed by atoms with van der Waals surface area (Å²) in [4.78, 5) is 10.3. The number of carbonyl (C=O) groups is 1. The standard InChI is InChI=1S/C8H15O4/c1-2-3-4-5-8(12,6-9)7(10)11/h9,12H,2-6H2,1H3. The number of aliphatic hydroxyl groups excluding tert-OH is 1. The van der Waals surface area contributed by atoms with Crippen LogP contribution in [0.4, 0.5) is 0 Å². The van der Waals surface area contributed by atoms with Crippen molar-refractivity contribution in [2.24, 2.45) is 0 Å². The van der Waals surface area contributed by atoms with Crippen LogP contribution in [0.25, 0.3) is 0 Å². The first-order chi connectivity index (χ1) is 5.56. The van der Waals surface area contributed by atoms with E-state index in [9.17, 15) is 15.0 Å². The van der Waals surface area contributed by atoms with E-state index in [1.54, 1.807) is 0 Å². The minimum absolute atomic E-state index is 0.0552. The lowest BCUT2D eigenvalue weighted by atomic mass is 9.97. The molecule has 71 valence electrons. The smallest absolute Gasteiger partial charge is 0.389 e. The fourth-order valence-electron chi connectivity index (χ4n) is 0.913. The number of rotatable bonds is 6. The lowest BCUT2D eigenvalue weighted by Gasteiger charge is -2.18. The SMILES string of the molecule is CCCCCC(O)(CO)C([O])=O. The van der Waals surface area contributed by atoms with Crippen LogP contribution >= 0.6 is 0 Å². The Morgan fingerprint density at radius 1 is 1.42 bits per heavy atom. The summed E-state index contributed by atoms with van der Waals surface area (Å²) in [5.74, 6) is -1.60. The molecule has 0 saturated heterocycles. The molecule has 0 aromatic rings. The molecule has 0 bridgehead atoms. The maximum Gasteiger partial charge on any atom is 0.389 e. The minimum Gasteiger partial charge on any atom is -0.393 e. The van der Waals surface area contributed by atoms with Gasteiger partial charge in [0.25, 0.3) is 0 Å². The van der Waals surface area contributed by atoms with Crippen LogP contribution in [0.3, 0.4) is 0 Å². The molecule has 12 heavy (non-hydrogen) atoms. The molecule has 4 nitrogen and oxygen atoms in total. The molecule has 1 radical (unpaired) electrons. The number of unbranched alkanes of at least 4 members (excludes halogenated alkanes) is 2. The van der Waals surface area contributed by atoms with E-state index in [2.05, 4.69) is 0 Å². The summed E-state index contributed by atoms with van der Waals surface area (Å²) in [6, 6.07) is 0. The van der Waals surface area contributed by atoms with Crippen molar-refractivity contribution in [1.29, 1.82) is 0 Å². The van der Waals surface area contributed by atoms with E-state index in [1.807, 2.05) is 6.92 Å². The van der Waals surface area contributed by atoms with Crippen LogP contribution < -0.4 is 0 Å². The van der Waals surface area contributed by atoms with Gasteiger partial charge in [0, 0.05) is 0 Å². The molecule has 2 N–H and O–H groups in total. The summed E-state index contributed by atoms with van der Waals surface area (Å²) in [5, 5.41) is 28.1. The predicted molar refractivity (Wildman–Crippen MR) is 41.9 cm³/mol. The fraction of sp³-hybridized carbons (Fsp3) is 0.875. The average molecular weight is 175 g/mol. The number of carbonyl (C=O) groups excluding carboxylic acids is 1. The van der Waals surface area contributed by atoms with Gasteiger partial charge in [-0.05, 0) is 12.8 Å². The minimum atomic E-state index is -2.05. The van der Waals surface area contributed by atoms with Gasteiger partial charge in [-0.1, -0.05) is 19.8 Å². The van der Waals surface area contributed by atoms with E-state index in [4.69, 9.17) is 5.11 Å². The van der Waals surface area contributed by atoms with E-state index in [1.165, 1.54) is 0 Å². The Bertz CT molecular complexity index is 146. The molecule has 0 heterocycles. The first kappa shape index (κ1) is 11.4. The summed E-state index contributed by atoms with van der Waals surface area (Å²) in [5.41, 5.74) is -2.05. The van der Waals surface area contributed by atoms with Crippen molar-refractivity contribution >= 4 is 5.97 Å². The van der Waals surface area contributed by atoms with Crippen LogP contribution in [0.1, 0.15) is 32.6 Å². The second kappa shape index (κ2) is 5.11. The highest BCUT2D eigenvalue weighted by Crippen LogP contribution is 2.14. The maximum absolute atomic E-state index is 10.3. The lowest BCUT2D eigenvalue weighted by molar-refractivity contribution is -0.170. The van der Waals surface area contributed by atoms with Crippen molar-refractivity contribution < 1.29 is 20.1 Å². The summed E-state index contributed by atoms with van der Waals surface area (Å²) < 4.78 is 0. The number of hydrogen-bond acceptors (Lipinski definition) is 3. The maximum atomic E-state index is 10.3. The second-order valence-electron chi connectivity index (χ2n) is 2.93. The second-order valence-corrected chi connectivity index (χ2v) is 2.93. The van der Waals surface area contributed by atoms with Gasteiger partial charge in [-0.25, -0.2) is 9.90 Å². The van der Waals surface area contributed by atoms with Gasteiger partial charge >= 0.3 is 5.97 Å². The third-order valence-corrected chi connectivity index (χ3v) is 1.84. The molecule has 0 aromatic carbocycles. The molecular weight excluding hydrogens is 160 g/mol. The number of hydrogen-bond donors (Lipinski definition) is 2. The Morgan fingerprint density at radius 3 is 2.33 bits per heavy atom. The topological polar surface area (TPSA) is 77.4 Å². The summed E-state index contributed by atoms with van der Waals surface area (Å²) in [6.07, 6.45) is 2.42. The van der Waals surface area contributed by atoms with Crippen LogP contribution in [0.2, 0.25) is 0 Å². The molecule has 0 aromatic heterocycles. The monoisotopic (exact) mass is 175 g/mol. The molecule has 0 aliphatic heterocycles. The van der Waals surface area contributed by atoms with Crippen molar-refractivity contribution in [1.82, 2.24) is 0 Å². The molecule has 0 rings (SSSR count). The van der Waals surface area contributed by atoms with Crippen molar-refractivity contribution in [3.8, 4) is 0 Å². The Morgan fingerprint density at radius 2 is 2.00 bits per heavy atom. The van der Waals surface area contributed by atoms with Crippen LogP contribution in [-0.2, 0) is 9.90 Å². The Kier molecular flexibility index (Phi) is 4.85. The van der Waals surface area contributed by atoms with Gasteiger partial charge in [-0.15, -0.1) is 0 Å². The predicted octanol–water partition coefficient (Wildman–Crippen LogP) is 0.247. The van der Waals surface area contributed by atoms with Crippen LogP contribution in [0.15, 0.2) is 0 Å². The number of aliphatic hydroxyl groups is 2. The van der Waals surface area contributed by atoms with Gasteiger partial charge < -0.3 is 10.2 Å². The highest BCUT2D eigenvalue weighted by atomic mass is 16.4. The van der Waals surface area contributed by atoms with E-state index < -0.39 is 18.2 Å². The largest absolute Gasteiger partial charge is 0.393 e. The Hall–Kier alpha value is -0.610. The average Bonchev–Trinajstić information content (AvgIpc) is 2.04. The molecule has 0 saturated carbocycles. The van der Waals surface area contributed by atoms with Gasteiger partial charge in [0.1, 0.15) is 0 Å². The van der Waals surface area contributed by atoms with Gasteiger partial charge in [0.2, 0.25) is 0 Å². The quantitative estimate of drug-likeness (QED) is 0.568. The third-order valence-electron chi connectivity index (χ3n) is 1.84. The molecular formula is C8H15O4. The lowest BCUT2D eigenvalue weighted by Crippen LogP contribution is -2.41. The zero-order valence-corrected chi connectivity index (χ0v) is 7.25. The van der Waals surface area contributed by atoms with E-state index in [0.717, 1.165) is 12.8 Å². The molecule has 0 amide bonds. The summed E-state index contributed by atoms with van der Waals surface area (Å²) in [7, 11) is 0.